The molecule has 0 atom stereocenters. The van der Waals surface area contributed by atoms with Gasteiger partial charge >= 0.3 is 11.3 Å². The number of nitrogens with zero attached hydrogens (tertiary/aromatic N) is 1. The molecule has 2 aromatic carbocycles. The van der Waals surface area contributed by atoms with Crippen LogP contribution in [0.25, 0.3) is 11.0 Å². The summed E-state index contributed by atoms with van der Waals surface area (Å²) in [5, 5.41) is 11.7. The SMILES string of the molecule is COc1ccc2c(COc3ccccc3[N+](=O)[O-])cc(=O)oc2c1. The Kier molecular flexibility index (Phi) is 4.15. The Morgan fingerprint density at radius 2 is 1.96 bits per heavy atom. The summed E-state index contributed by atoms with van der Waals surface area (Å²) in [4.78, 5) is 22.2. The molecule has 0 amide bonds. The molecule has 3 rings (SSSR count). The number of nitro groups is 1. The predicted molar refractivity (Wildman–Crippen MR) is 86.5 cm³/mol. The van der Waals surface area contributed by atoms with E-state index in [0.29, 0.717) is 22.3 Å². The number of para-hydroxylation sites is 2. The maximum atomic E-state index is 11.7. The molecule has 0 N–H and O–H groups in total. The first-order valence-electron chi connectivity index (χ1n) is 7.05. The van der Waals surface area contributed by atoms with Crippen molar-refractivity contribution in [1.29, 1.82) is 0 Å². The second-order valence-electron chi connectivity index (χ2n) is 4.97. The van der Waals surface area contributed by atoms with E-state index in [4.69, 9.17) is 13.9 Å². The van der Waals surface area contributed by atoms with Crippen LogP contribution in [-0.4, -0.2) is 12.0 Å². The Balaban J connectivity index is 1.96. The van der Waals surface area contributed by atoms with Crippen LogP contribution in [0.2, 0.25) is 0 Å². The van der Waals surface area contributed by atoms with Crippen LogP contribution in [0, 0.1) is 10.1 Å². The molecule has 24 heavy (non-hydrogen) atoms. The number of ether oxygens (including phenoxy) is 2. The summed E-state index contributed by atoms with van der Waals surface area (Å²) in [5.74, 6) is 0.694. The van der Waals surface area contributed by atoms with Crippen molar-refractivity contribution in [3.8, 4) is 11.5 Å². The molecule has 1 aromatic heterocycles. The normalized spacial score (nSPS) is 10.5. The molecule has 7 nitrogen and oxygen atoms in total. The van der Waals surface area contributed by atoms with Crippen LogP contribution in [0.4, 0.5) is 5.69 Å². The summed E-state index contributed by atoms with van der Waals surface area (Å²) < 4.78 is 15.8. The van der Waals surface area contributed by atoms with Gasteiger partial charge in [0.15, 0.2) is 5.75 Å². The zero-order chi connectivity index (χ0) is 17.1. The molecule has 1 heterocycles. The van der Waals surface area contributed by atoms with E-state index in [9.17, 15) is 14.9 Å². The van der Waals surface area contributed by atoms with E-state index < -0.39 is 10.5 Å². The van der Waals surface area contributed by atoms with Gasteiger partial charge in [-0.05, 0) is 18.2 Å². The fourth-order valence-corrected chi connectivity index (χ4v) is 2.34. The number of nitro benzene ring substituents is 1. The minimum Gasteiger partial charge on any atom is -0.497 e. The van der Waals surface area contributed by atoms with Gasteiger partial charge in [-0.15, -0.1) is 0 Å². The molecule has 3 aromatic rings. The Morgan fingerprint density at radius 3 is 2.71 bits per heavy atom. The highest BCUT2D eigenvalue weighted by Gasteiger charge is 2.15. The van der Waals surface area contributed by atoms with Crippen molar-refractivity contribution in [2.24, 2.45) is 0 Å². The Hall–Kier alpha value is -3.35. The summed E-state index contributed by atoms with van der Waals surface area (Å²) in [6.45, 7) is -0.000712. The lowest BCUT2D eigenvalue weighted by Gasteiger charge is -2.09. The van der Waals surface area contributed by atoms with Crippen LogP contribution in [-0.2, 0) is 6.61 Å². The second kappa shape index (κ2) is 6.41. The zero-order valence-electron chi connectivity index (χ0n) is 12.7. The first-order chi connectivity index (χ1) is 11.6. The number of benzene rings is 2. The molecule has 0 bridgehead atoms. The Bertz CT molecular complexity index is 963. The molecular weight excluding hydrogens is 314 g/mol. The third kappa shape index (κ3) is 3.05. The van der Waals surface area contributed by atoms with Crippen LogP contribution >= 0.6 is 0 Å². The monoisotopic (exact) mass is 327 g/mol. The van der Waals surface area contributed by atoms with Gasteiger partial charge in [-0.2, -0.15) is 0 Å². The number of methoxy groups -OCH3 is 1. The van der Waals surface area contributed by atoms with E-state index in [1.807, 2.05) is 0 Å². The van der Waals surface area contributed by atoms with E-state index in [1.54, 1.807) is 30.3 Å². The standard InChI is InChI=1S/C17H13NO6/c1-22-12-6-7-13-11(8-17(19)24-16(13)9-12)10-23-15-5-3-2-4-14(15)18(20)21/h2-9H,10H2,1H3. The summed E-state index contributed by atoms with van der Waals surface area (Å²) >= 11 is 0. The number of fused-ring (bicyclic) bond motifs is 1. The van der Waals surface area contributed by atoms with Crippen LogP contribution in [0.5, 0.6) is 11.5 Å². The highest BCUT2D eigenvalue weighted by atomic mass is 16.6. The van der Waals surface area contributed by atoms with Gasteiger partial charge in [0.25, 0.3) is 0 Å². The lowest BCUT2D eigenvalue weighted by molar-refractivity contribution is -0.385. The zero-order valence-corrected chi connectivity index (χ0v) is 12.7. The number of hydrogen-bond acceptors (Lipinski definition) is 6. The van der Waals surface area contributed by atoms with Crippen molar-refractivity contribution in [1.82, 2.24) is 0 Å². The Labute approximate surface area is 136 Å². The van der Waals surface area contributed by atoms with Gasteiger partial charge in [-0.3, -0.25) is 10.1 Å². The first kappa shape index (κ1) is 15.5. The topological polar surface area (TPSA) is 91.8 Å². The van der Waals surface area contributed by atoms with Crippen molar-refractivity contribution in [3.05, 3.63) is 74.6 Å². The average Bonchev–Trinajstić information content (AvgIpc) is 2.59. The van der Waals surface area contributed by atoms with Crippen molar-refractivity contribution in [2.45, 2.75) is 6.61 Å². The quantitative estimate of drug-likeness (QED) is 0.405. The molecule has 0 aliphatic heterocycles. The second-order valence-corrected chi connectivity index (χ2v) is 4.97. The third-order valence-electron chi connectivity index (χ3n) is 3.48. The van der Waals surface area contributed by atoms with Crippen LogP contribution in [0.3, 0.4) is 0 Å². The molecule has 0 aliphatic rings. The van der Waals surface area contributed by atoms with Crippen molar-refractivity contribution in [3.63, 3.8) is 0 Å². The van der Waals surface area contributed by atoms with Gasteiger partial charge in [-0.1, -0.05) is 12.1 Å². The molecular formula is C17H13NO6. The molecule has 0 radical (unpaired) electrons. The molecule has 0 aliphatic carbocycles. The van der Waals surface area contributed by atoms with Gasteiger partial charge in [-0.25, -0.2) is 4.79 Å². The van der Waals surface area contributed by atoms with Gasteiger partial charge in [0.2, 0.25) is 0 Å². The fraction of sp³-hybridized carbons (Fsp3) is 0.118. The maximum absolute atomic E-state index is 11.7. The van der Waals surface area contributed by atoms with Gasteiger partial charge in [0.1, 0.15) is 17.9 Å². The Morgan fingerprint density at radius 1 is 1.17 bits per heavy atom. The van der Waals surface area contributed by atoms with Crippen molar-refractivity contribution >= 4 is 16.7 Å². The average molecular weight is 327 g/mol. The minimum atomic E-state index is -0.531. The highest BCUT2D eigenvalue weighted by Crippen LogP contribution is 2.28. The van der Waals surface area contributed by atoms with E-state index in [2.05, 4.69) is 0 Å². The molecule has 0 saturated carbocycles. The lowest BCUT2D eigenvalue weighted by Crippen LogP contribution is -2.05. The van der Waals surface area contributed by atoms with Crippen LogP contribution < -0.4 is 15.1 Å². The minimum absolute atomic E-state index is 0.000712. The van der Waals surface area contributed by atoms with Gasteiger partial charge in [0.05, 0.1) is 12.0 Å². The summed E-state index contributed by atoms with van der Waals surface area (Å²) in [6.07, 6.45) is 0. The summed E-state index contributed by atoms with van der Waals surface area (Å²) in [7, 11) is 1.51. The smallest absolute Gasteiger partial charge is 0.336 e. The largest absolute Gasteiger partial charge is 0.497 e. The number of hydrogen-bond donors (Lipinski definition) is 0. The lowest BCUT2D eigenvalue weighted by atomic mass is 10.1. The molecule has 0 spiro atoms. The van der Waals surface area contributed by atoms with Crippen LogP contribution in [0.15, 0.2) is 57.7 Å². The van der Waals surface area contributed by atoms with Crippen molar-refractivity contribution in [2.75, 3.05) is 7.11 Å². The summed E-state index contributed by atoms with van der Waals surface area (Å²) in [6, 6.07) is 12.5. The number of rotatable bonds is 5. The molecule has 122 valence electrons. The maximum Gasteiger partial charge on any atom is 0.336 e. The van der Waals surface area contributed by atoms with E-state index in [-0.39, 0.29) is 18.0 Å². The highest BCUT2D eigenvalue weighted by molar-refractivity contribution is 5.81. The molecule has 0 unspecified atom stereocenters. The van der Waals surface area contributed by atoms with Gasteiger partial charge < -0.3 is 13.9 Å². The molecule has 0 saturated heterocycles. The van der Waals surface area contributed by atoms with Crippen LogP contribution in [0.1, 0.15) is 5.56 Å². The molecule has 7 heteroatoms. The predicted octanol–water partition coefficient (Wildman–Crippen LogP) is 3.29. The first-order valence-corrected chi connectivity index (χ1v) is 7.05. The van der Waals surface area contributed by atoms with Gasteiger partial charge in [0, 0.05) is 29.1 Å². The summed E-state index contributed by atoms with van der Waals surface area (Å²) in [5.41, 5.74) is 0.272. The van der Waals surface area contributed by atoms with E-state index >= 15 is 0 Å². The van der Waals surface area contributed by atoms with Crippen molar-refractivity contribution < 1.29 is 18.8 Å². The van der Waals surface area contributed by atoms with E-state index in [1.165, 1.54) is 25.3 Å². The van der Waals surface area contributed by atoms with E-state index in [0.717, 1.165) is 0 Å². The third-order valence-corrected chi connectivity index (χ3v) is 3.48. The molecule has 0 fully saturated rings. The fourth-order valence-electron chi connectivity index (χ4n) is 2.34.